The number of anilines is 3. The summed E-state index contributed by atoms with van der Waals surface area (Å²) in [7, 11) is 1.62. The van der Waals surface area contributed by atoms with Crippen molar-refractivity contribution in [1.82, 2.24) is 4.98 Å². The largest absolute Gasteiger partial charge is 0.497 e. The van der Waals surface area contributed by atoms with Crippen LogP contribution in [-0.4, -0.2) is 23.8 Å². The van der Waals surface area contributed by atoms with Crippen LogP contribution in [0.4, 0.5) is 17.1 Å². The van der Waals surface area contributed by atoms with Gasteiger partial charge in [0.25, 0.3) is 5.91 Å². The van der Waals surface area contributed by atoms with Crippen molar-refractivity contribution in [3.05, 3.63) is 78.1 Å². The highest BCUT2D eigenvalue weighted by Gasteiger charge is 2.08. The van der Waals surface area contributed by atoms with E-state index in [0.717, 1.165) is 17.1 Å². The van der Waals surface area contributed by atoms with Gasteiger partial charge in [0.2, 0.25) is 0 Å². The quantitative estimate of drug-likeness (QED) is 0.640. The Balaban J connectivity index is 1.63. The van der Waals surface area contributed by atoms with Crippen molar-refractivity contribution in [3.8, 4) is 5.75 Å². The van der Waals surface area contributed by atoms with Gasteiger partial charge in [-0.05, 0) is 67.6 Å². The number of ketones is 1. The summed E-state index contributed by atoms with van der Waals surface area (Å²) in [6.45, 7) is 1.50. The fraction of sp³-hybridized carbons (Fsp3) is 0.0952. The predicted octanol–water partition coefficient (Wildman–Crippen LogP) is 4.29. The predicted molar refractivity (Wildman–Crippen MR) is 105 cm³/mol. The molecular weight excluding hydrogens is 342 g/mol. The molecule has 3 aromatic rings. The average Bonchev–Trinajstić information content (AvgIpc) is 2.69. The minimum Gasteiger partial charge on any atom is -0.497 e. The van der Waals surface area contributed by atoms with Gasteiger partial charge in [0.15, 0.2) is 5.78 Å². The van der Waals surface area contributed by atoms with Gasteiger partial charge >= 0.3 is 0 Å². The monoisotopic (exact) mass is 361 g/mol. The Morgan fingerprint density at radius 3 is 2.04 bits per heavy atom. The summed E-state index contributed by atoms with van der Waals surface area (Å²) < 4.78 is 5.13. The number of hydrogen-bond donors (Lipinski definition) is 2. The number of carbonyl (C=O) groups is 2. The summed E-state index contributed by atoms with van der Waals surface area (Å²) in [6.07, 6.45) is 1.60. The van der Waals surface area contributed by atoms with Crippen molar-refractivity contribution in [2.45, 2.75) is 6.92 Å². The standard InChI is InChI=1S/C21H19N3O3/c1-14(25)15-3-5-17(6-4-15)24-21(26)20-12-9-18(13-22-20)23-16-7-10-19(27-2)11-8-16/h3-13,23H,1-2H3,(H,24,26). The molecule has 0 fully saturated rings. The maximum Gasteiger partial charge on any atom is 0.274 e. The van der Waals surface area contributed by atoms with Crippen LogP contribution in [0.5, 0.6) is 5.75 Å². The molecule has 0 radical (unpaired) electrons. The Morgan fingerprint density at radius 1 is 0.852 bits per heavy atom. The summed E-state index contributed by atoms with van der Waals surface area (Å²) in [5, 5.41) is 5.97. The molecule has 1 amide bonds. The highest BCUT2D eigenvalue weighted by atomic mass is 16.5. The first-order chi connectivity index (χ1) is 13.0. The molecule has 1 aromatic heterocycles. The normalized spacial score (nSPS) is 10.1. The Kier molecular flexibility index (Phi) is 5.47. The zero-order chi connectivity index (χ0) is 19.2. The van der Waals surface area contributed by atoms with Crippen molar-refractivity contribution in [1.29, 1.82) is 0 Å². The minimum atomic E-state index is -0.318. The summed E-state index contributed by atoms with van der Waals surface area (Å²) >= 11 is 0. The Bertz CT molecular complexity index is 934. The molecule has 2 aromatic carbocycles. The van der Waals surface area contributed by atoms with E-state index in [2.05, 4.69) is 15.6 Å². The molecular formula is C21H19N3O3. The molecule has 27 heavy (non-hydrogen) atoms. The van der Waals surface area contributed by atoms with Gasteiger partial charge in [-0.1, -0.05) is 0 Å². The molecule has 136 valence electrons. The van der Waals surface area contributed by atoms with E-state index in [4.69, 9.17) is 4.74 Å². The van der Waals surface area contributed by atoms with Crippen LogP contribution >= 0.6 is 0 Å². The van der Waals surface area contributed by atoms with Gasteiger partial charge in [0.05, 0.1) is 19.0 Å². The van der Waals surface area contributed by atoms with E-state index in [9.17, 15) is 9.59 Å². The number of pyridine rings is 1. The number of methoxy groups -OCH3 is 1. The third-order valence-corrected chi connectivity index (χ3v) is 3.92. The molecule has 0 aliphatic heterocycles. The van der Waals surface area contributed by atoms with Crippen LogP contribution in [0.1, 0.15) is 27.8 Å². The first-order valence-electron chi connectivity index (χ1n) is 8.34. The topological polar surface area (TPSA) is 80.3 Å². The van der Waals surface area contributed by atoms with Crippen molar-refractivity contribution < 1.29 is 14.3 Å². The number of benzene rings is 2. The summed E-state index contributed by atoms with van der Waals surface area (Å²) in [6, 6.07) is 17.7. The van der Waals surface area contributed by atoms with Gasteiger partial charge in [0.1, 0.15) is 11.4 Å². The number of ether oxygens (including phenoxy) is 1. The van der Waals surface area contributed by atoms with Crippen LogP contribution in [-0.2, 0) is 0 Å². The van der Waals surface area contributed by atoms with Crippen LogP contribution in [0.25, 0.3) is 0 Å². The Hall–Kier alpha value is -3.67. The number of nitrogens with one attached hydrogen (secondary N) is 2. The molecule has 0 unspecified atom stereocenters. The summed E-state index contributed by atoms with van der Waals surface area (Å²) in [5.74, 6) is 0.443. The summed E-state index contributed by atoms with van der Waals surface area (Å²) in [5.41, 5.74) is 3.15. The van der Waals surface area contributed by atoms with Crippen LogP contribution in [0, 0.1) is 0 Å². The summed E-state index contributed by atoms with van der Waals surface area (Å²) in [4.78, 5) is 27.8. The van der Waals surface area contributed by atoms with E-state index >= 15 is 0 Å². The van der Waals surface area contributed by atoms with Crippen LogP contribution in [0.3, 0.4) is 0 Å². The number of aromatic nitrogens is 1. The molecule has 1 heterocycles. The van der Waals surface area contributed by atoms with Gasteiger partial charge in [0, 0.05) is 16.9 Å². The van der Waals surface area contributed by atoms with E-state index in [1.807, 2.05) is 24.3 Å². The molecule has 6 heteroatoms. The maximum absolute atomic E-state index is 12.3. The lowest BCUT2D eigenvalue weighted by Crippen LogP contribution is -2.13. The molecule has 0 saturated carbocycles. The lowest BCUT2D eigenvalue weighted by Gasteiger charge is -2.08. The van der Waals surface area contributed by atoms with Crippen molar-refractivity contribution in [2.75, 3.05) is 17.7 Å². The van der Waals surface area contributed by atoms with Gasteiger partial charge in [-0.25, -0.2) is 4.98 Å². The molecule has 0 spiro atoms. The Labute approximate surface area is 157 Å². The number of Topliss-reactive ketones (excluding diaryl/α,β-unsaturated/α-hetero) is 1. The third kappa shape index (κ3) is 4.70. The zero-order valence-corrected chi connectivity index (χ0v) is 15.0. The van der Waals surface area contributed by atoms with E-state index in [1.165, 1.54) is 6.92 Å². The number of amides is 1. The molecule has 6 nitrogen and oxygen atoms in total. The van der Waals surface area contributed by atoms with Gasteiger partial charge in [-0.3, -0.25) is 9.59 Å². The second-order valence-electron chi connectivity index (χ2n) is 5.87. The third-order valence-electron chi connectivity index (χ3n) is 3.92. The molecule has 0 bridgehead atoms. The van der Waals surface area contributed by atoms with Gasteiger partial charge < -0.3 is 15.4 Å². The average molecular weight is 361 g/mol. The number of rotatable bonds is 6. The van der Waals surface area contributed by atoms with E-state index in [0.29, 0.717) is 16.9 Å². The van der Waals surface area contributed by atoms with Gasteiger partial charge in [-0.15, -0.1) is 0 Å². The SMILES string of the molecule is COc1ccc(Nc2ccc(C(=O)Nc3ccc(C(C)=O)cc3)nc2)cc1. The first kappa shape index (κ1) is 18.1. The van der Waals surface area contributed by atoms with Gasteiger partial charge in [-0.2, -0.15) is 0 Å². The van der Waals surface area contributed by atoms with Crippen LogP contribution in [0.2, 0.25) is 0 Å². The highest BCUT2D eigenvalue weighted by molar-refractivity contribution is 6.03. The second-order valence-corrected chi connectivity index (χ2v) is 5.87. The maximum atomic E-state index is 12.3. The lowest BCUT2D eigenvalue weighted by atomic mass is 10.1. The smallest absolute Gasteiger partial charge is 0.274 e. The minimum absolute atomic E-state index is 0.0190. The van der Waals surface area contributed by atoms with E-state index in [1.54, 1.807) is 49.7 Å². The zero-order valence-electron chi connectivity index (χ0n) is 15.0. The molecule has 0 atom stereocenters. The van der Waals surface area contributed by atoms with E-state index in [-0.39, 0.29) is 11.7 Å². The lowest BCUT2D eigenvalue weighted by molar-refractivity contribution is 0.101. The highest BCUT2D eigenvalue weighted by Crippen LogP contribution is 2.19. The number of nitrogens with zero attached hydrogens (tertiary/aromatic N) is 1. The van der Waals surface area contributed by atoms with Crippen molar-refractivity contribution in [2.24, 2.45) is 0 Å². The molecule has 2 N–H and O–H groups in total. The first-order valence-corrected chi connectivity index (χ1v) is 8.34. The van der Waals surface area contributed by atoms with E-state index < -0.39 is 0 Å². The fourth-order valence-corrected chi connectivity index (χ4v) is 2.43. The molecule has 3 rings (SSSR count). The molecule has 0 aliphatic carbocycles. The fourth-order valence-electron chi connectivity index (χ4n) is 2.43. The van der Waals surface area contributed by atoms with Crippen molar-refractivity contribution >= 4 is 28.8 Å². The second kappa shape index (κ2) is 8.14. The Morgan fingerprint density at radius 2 is 1.48 bits per heavy atom. The van der Waals surface area contributed by atoms with Crippen LogP contribution < -0.4 is 15.4 Å². The number of carbonyl (C=O) groups excluding carboxylic acids is 2. The van der Waals surface area contributed by atoms with Crippen LogP contribution in [0.15, 0.2) is 66.9 Å². The van der Waals surface area contributed by atoms with Crippen molar-refractivity contribution in [3.63, 3.8) is 0 Å². The molecule has 0 aliphatic rings. The molecule has 0 saturated heterocycles. The number of hydrogen-bond acceptors (Lipinski definition) is 5.